The Bertz CT molecular complexity index is 1050. The summed E-state index contributed by atoms with van der Waals surface area (Å²) < 4.78 is 0. The smallest absolute Gasteiger partial charge is 0.251 e. The van der Waals surface area contributed by atoms with Crippen LogP contribution >= 0.6 is 22.9 Å². The van der Waals surface area contributed by atoms with Gasteiger partial charge in [0.15, 0.2) is 0 Å². The van der Waals surface area contributed by atoms with Crippen molar-refractivity contribution in [2.24, 2.45) is 28.9 Å². The number of anilines is 2. The number of rotatable bonds is 6. The van der Waals surface area contributed by atoms with Gasteiger partial charge in [0.2, 0.25) is 6.41 Å². The standard InChI is InChI=1S/C21H31N3O2S.C7H8ClN/c1-13-5-14-7-15(6-13)9-21(2,8-14)11-24-4-3-16-17(10-24)27-20(23-12-25)18(16)19(22)26;1-9-7-4-2-6(8)3-5-7/h12-15H,3-11H2,1-2H3,(H2,22,26)(H,23,25);2-5,9H,1H3. The summed E-state index contributed by atoms with van der Waals surface area (Å²) in [5.74, 6) is 2.28. The van der Waals surface area contributed by atoms with Crippen molar-refractivity contribution in [3.63, 3.8) is 0 Å². The Morgan fingerprint density at radius 3 is 2.47 bits per heavy atom. The van der Waals surface area contributed by atoms with Crippen LogP contribution < -0.4 is 16.4 Å². The highest BCUT2D eigenvalue weighted by Crippen LogP contribution is 2.51. The number of nitrogens with two attached hydrogens (primary N) is 1. The molecule has 1 aliphatic heterocycles. The number of amides is 2. The molecule has 0 saturated heterocycles. The Hall–Kier alpha value is -2.09. The van der Waals surface area contributed by atoms with Gasteiger partial charge in [-0.3, -0.25) is 14.5 Å². The van der Waals surface area contributed by atoms with E-state index >= 15 is 0 Å². The second-order valence-corrected chi connectivity index (χ2v) is 12.9. The van der Waals surface area contributed by atoms with Crippen LogP contribution in [0, 0.1) is 23.2 Å². The van der Waals surface area contributed by atoms with Gasteiger partial charge in [-0.05, 0) is 91.5 Å². The van der Waals surface area contributed by atoms with Crippen molar-refractivity contribution in [3.8, 4) is 0 Å². The first-order valence-corrected chi connectivity index (χ1v) is 14.2. The van der Waals surface area contributed by atoms with Crippen LogP contribution in [0.15, 0.2) is 24.3 Å². The van der Waals surface area contributed by atoms with E-state index < -0.39 is 5.91 Å². The highest BCUT2D eigenvalue weighted by atomic mass is 35.5. The fourth-order valence-corrected chi connectivity index (χ4v) is 8.38. The van der Waals surface area contributed by atoms with Gasteiger partial charge in [0.1, 0.15) is 5.00 Å². The average molecular weight is 531 g/mol. The second kappa shape index (κ2) is 11.5. The fourth-order valence-electron chi connectivity index (χ4n) is 7.00. The van der Waals surface area contributed by atoms with Crippen molar-refractivity contribution in [3.05, 3.63) is 45.3 Å². The maximum Gasteiger partial charge on any atom is 0.251 e. The molecule has 2 aromatic rings. The Morgan fingerprint density at radius 2 is 1.89 bits per heavy atom. The number of hydrogen-bond donors (Lipinski definition) is 3. The molecule has 36 heavy (non-hydrogen) atoms. The number of carbonyl (C=O) groups excluding carboxylic acids is 2. The van der Waals surface area contributed by atoms with Gasteiger partial charge in [-0.1, -0.05) is 25.4 Å². The Morgan fingerprint density at radius 1 is 1.22 bits per heavy atom. The molecule has 2 fully saturated rings. The summed E-state index contributed by atoms with van der Waals surface area (Å²) in [5.41, 5.74) is 8.64. The zero-order valence-corrected chi connectivity index (χ0v) is 23.2. The van der Waals surface area contributed by atoms with Gasteiger partial charge in [-0.15, -0.1) is 11.3 Å². The molecule has 2 aliphatic carbocycles. The Labute approximate surface area is 224 Å². The summed E-state index contributed by atoms with van der Waals surface area (Å²) in [6, 6.07) is 7.57. The van der Waals surface area contributed by atoms with Crippen molar-refractivity contribution in [1.82, 2.24) is 4.90 Å². The fraction of sp³-hybridized carbons (Fsp3) is 0.571. The summed E-state index contributed by atoms with van der Waals surface area (Å²) >= 11 is 7.15. The number of thiophene rings is 1. The Kier molecular flexibility index (Phi) is 8.63. The minimum Gasteiger partial charge on any atom is -0.388 e. The van der Waals surface area contributed by atoms with Gasteiger partial charge in [-0.2, -0.15) is 0 Å². The first-order chi connectivity index (χ1) is 17.2. The van der Waals surface area contributed by atoms with Gasteiger partial charge in [0.05, 0.1) is 5.56 Å². The topological polar surface area (TPSA) is 87.5 Å². The molecule has 2 atom stereocenters. The van der Waals surface area contributed by atoms with Gasteiger partial charge in [0.25, 0.3) is 5.91 Å². The third kappa shape index (κ3) is 6.42. The third-order valence-electron chi connectivity index (χ3n) is 8.01. The summed E-state index contributed by atoms with van der Waals surface area (Å²) in [7, 11) is 1.88. The van der Waals surface area contributed by atoms with Crippen LogP contribution in [0.5, 0.6) is 0 Å². The van der Waals surface area contributed by atoms with Gasteiger partial charge < -0.3 is 16.4 Å². The van der Waals surface area contributed by atoms with E-state index in [1.807, 2.05) is 31.3 Å². The largest absolute Gasteiger partial charge is 0.388 e. The number of nitrogens with one attached hydrogen (secondary N) is 2. The molecule has 2 amide bonds. The number of nitrogens with zero attached hydrogens (tertiary/aromatic N) is 1. The maximum atomic E-state index is 11.9. The first-order valence-electron chi connectivity index (χ1n) is 13.0. The SMILES string of the molecule is CC1CC2CC(C1)CC(C)(CN1CCc3c(sc(NC=O)c3C(N)=O)C1)C2.CNc1ccc(Cl)cc1. The van der Waals surface area contributed by atoms with Gasteiger partial charge in [0, 0.05) is 42.3 Å². The predicted octanol–water partition coefficient (Wildman–Crippen LogP) is 6.01. The summed E-state index contributed by atoms with van der Waals surface area (Å²) in [6.45, 7) is 7.87. The summed E-state index contributed by atoms with van der Waals surface area (Å²) in [5, 5.41) is 7.04. The molecule has 196 valence electrons. The number of primary amides is 1. The van der Waals surface area contributed by atoms with E-state index in [9.17, 15) is 9.59 Å². The molecule has 2 bridgehead atoms. The van der Waals surface area contributed by atoms with E-state index in [0.29, 0.717) is 22.4 Å². The second-order valence-electron chi connectivity index (χ2n) is 11.3. The number of benzene rings is 1. The first kappa shape index (κ1) is 27.0. The minimum absolute atomic E-state index is 0.402. The van der Waals surface area contributed by atoms with Crippen molar-refractivity contribution in [2.75, 3.05) is 30.8 Å². The van der Waals surface area contributed by atoms with E-state index in [2.05, 4.69) is 29.4 Å². The lowest BCUT2D eigenvalue weighted by molar-refractivity contribution is -0.105. The normalized spacial score (nSPS) is 27.3. The molecular weight excluding hydrogens is 492 g/mol. The summed E-state index contributed by atoms with van der Waals surface area (Å²) in [6.07, 6.45) is 8.43. The van der Waals surface area contributed by atoms with Crippen LogP contribution in [0.25, 0.3) is 0 Å². The molecule has 2 saturated carbocycles. The highest BCUT2D eigenvalue weighted by Gasteiger charge is 2.42. The van der Waals surface area contributed by atoms with Crippen molar-refractivity contribution in [1.29, 1.82) is 0 Å². The lowest BCUT2D eigenvalue weighted by Gasteiger charge is -2.49. The van der Waals surface area contributed by atoms with Crippen LogP contribution in [0.4, 0.5) is 10.7 Å². The van der Waals surface area contributed by atoms with E-state index in [1.54, 1.807) is 0 Å². The molecule has 0 spiro atoms. The zero-order valence-electron chi connectivity index (χ0n) is 21.6. The van der Waals surface area contributed by atoms with E-state index in [-0.39, 0.29) is 0 Å². The molecular formula is C28H39ClN4O2S. The number of halogens is 1. The third-order valence-corrected chi connectivity index (χ3v) is 9.41. The van der Waals surface area contributed by atoms with Crippen LogP contribution in [0.1, 0.15) is 66.8 Å². The molecule has 0 radical (unpaired) electrons. The van der Waals surface area contributed by atoms with Crippen molar-refractivity contribution in [2.45, 2.75) is 58.9 Å². The van der Waals surface area contributed by atoms with E-state index in [4.69, 9.17) is 17.3 Å². The van der Waals surface area contributed by atoms with Gasteiger partial charge >= 0.3 is 0 Å². The number of hydrogen-bond acceptors (Lipinski definition) is 5. The lowest BCUT2D eigenvalue weighted by Crippen LogP contribution is -2.44. The molecule has 6 nitrogen and oxygen atoms in total. The van der Waals surface area contributed by atoms with Crippen molar-refractivity contribution < 1.29 is 9.59 Å². The molecule has 2 heterocycles. The quantitative estimate of drug-likeness (QED) is 0.399. The van der Waals surface area contributed by atoms with Crippen LogP contribution in [-0.2, 0) is 17.8 Å². The molecule has 3 aliphatic rings. The Balaban J connectivity index is 0.000000286. The lowest BCUT2D eigenvalue weighted by atomic mass is 9.59. The molecule has 8 heteroatoms. The van der Waals surface area contributed by atoms with Crippen molar-refractivity contribution >= 4 is 45.9 Å². The molecule has 1 aromatic carbocycles. The zero-order chi connectivity index (χ0) is 25.9. The molecule has 1 aromatic heterocycles. The molecule has 5 rings (SSSR count). The van der Waals surface area contributed by atoms with Crippen LogP contribution in [0.2, 0.25) is 5.02 Å². The average Bonchev–Trinajstić information content (AvgIpc) is 3.16. The van der Waals surface area contributed by atoms with Gasteiger partial charge in [-0.25, -0.2) is 0 Å². The minimum atomic E-state index is -0.438. The van der Waals surface area contributed by atoms with Crippen LogP contribution in [0.3, 0.4) is 0 Å². The molecule has 2 unspecified atom stereocenters. The summed E-state index contributed by atoms with van der Waals surface area (Å²) in [4.78, 5) is 26.5. The number of carbonyl (C=O) groups is 2. The number of fused-ring (bicyclic) bond motifs is 3. The maximum absolute atomic E-state index is 11.9. The van der Waals surface area contributed by atoms with Crippen LogP contribution in [-0.4, -0.2) is 37.4 Å². The predicted molar refractivity (Wildman–Crippen MR) is 150 cm³/mol. The van der Waals surface area contributed by atoms with E-state index in [0.717, 1.165) is 60.1 Å². The van der Waals surface area contributed by atoms with E-state index in [1.165, 1.54) is 48.3 Å². The molecule has 4 N–H and O–H groups in total. The monoisotopic (exact) mass is 530 g/mol. The highest BCUT2D eigenvalue weighted by molar-refractivity contribution is 7.16.